The molecule has 22 heteroatoms. The molecule has 32 heavy (non-hydrogen) atoms. The number of halogens is 9. The maximum Gasteiger partial charge on any atom is 0.512 e. The molecule has 1 amide bonds. The molecule has 0 unspecified atom stereocenters. The summed E-state index contributed by atoms with van der Waals surface area (Å²) in [6.07, 6.45) is 0. The third kappa shape index (κ3) is 4.50. The number of carbonyl (C=O) groups excluding carboxylic acids is 1. The molecule has 0 bridgehead atoms. The van der Waals surface area contributed by atoms with Crippen molar-refractivity contribution in [1.82, 2.24) is 13.3 Å². The summed E-state index contributed by atoms with van der Waals surface area (Å²) in [6.45, 7) is -2.52. The van der Waals surface area contributed by atoms with Crippen LogP contribution in [-0.4, -0.2) is 88.5 Å². The summed E-state index contributed by atoms with van der Waals surface area (Å²) in [7, 11) is -21.9. The minimum atomic E-state index is -7.81. The normalized spacial score (nSPS) is 18.6. The zero-order chi connectivity index (χ0) is 25.8. The van der Waals surface area contributed by atoms with Crippen molar-refractivity contribution >= 4 is 36.0 Å². The Morgan fingerprint density at radius 3 is 1.47 bits per heavy atom. The van der Waals surface area contributed by atoms with E-state index in [2.05, 4.69) is 0 Å². The smallest absolute Gasteiger partial charge is 0.340 e. The molecule has 1 N–H and O–H groups in total. The van der Waals surface area contributed by atoms with Crippen LogP contribution in [0.5, 0.6) is 0 Å². The number of carbonyl (C=O) groups is 1. The van der Waals surface area contributed by atoms with Crippen molar-refractivity contribution in [2.24, 2.45) is 0 Å². The molecule has 0 aromatic rings. The van der Waals surface area contributed by atoms with Gasteiger partial charge in [-0.1, -0.05) is 4.13 Å². The molecule has 0 spiro atoms. The Balaban J connectivity index is 3.40. The second kappa shape index (κ2) is 8.13. The Hall–Kier alpha value is -1.39. The molecular formula is C10H12F9N3O7S3. The van der Waals surface area contributed by atoms with E-state index in [0.717, 1.165) is 11.8 Å². The number of nitrogens with zero attached hydrogens (tertiary/aromatic N) is 2. The van der Waals surface area contributed by atoms with E-state index >= 15 is 0 Å². The molecule has 190 valence electrons. The maximum atomic E-state index is 14.1. The van der Waals surface area contributed by atoms with E-state index in [9.17, 15) is 69.6 Å². The minimum Gasteiger partial charge on any atom is -0.340 e. The van der Waals surface area contributed by atoms with Gasteiger partial charge in [0.05, 0.1) is 0 Å². The lowest BCUT2D eigenvalue weighted by atomic mass is 10.3. The van der Waals surface area contributed by atoms with Crippen LogP contribution in [0, 0.1) is 0 Å². The van der Waals surface area contributed by atoms with Crippen molar-refractivity contribution in [2.45, 2.75) is 28.9 Å². The summed E-state index contributed by atoms with van der Waals surface area (Å²) >= 11 is 0. The molecule has 0 radical (unpaired) electrons. The second-order valence-electron chi connectivity index (χ2n) is 6.05. The molecule has 1 rings (SSSR count). The highest BCUT2D eigenvalue weighted by Gasteiger charge is 2.83. The maximum absolute atomic E-state index is 14.1. The fraction of sp³-hybridized carbons (Fsp3) is 0.900. The van der Waals surface area contributed by atoms with E-state index in [4.69, 9.17) is 0 Å². The molecule has 1 aliphatic rings. The average Bonchev–Trinajstić information content (AvgIpc) is 2.59. The number of alkyl halides is 9. The Morgan fingerprint density at radius 1 is 0.719 bits per heavy atom. The first-order valence-electron chi connectivity index (χ1n) is 7.60. The molecule has 0 atom stereocenters. The predicted molar refractivity (Wildman–Crippen MR) is 84.6 cm³/mol. The van der Waals surface area contributed by atoms with E-state index < -0.39 is 92.5 Å². The van der Waals surface area contributed by atoms with Gasteiger partial charge in [0.1, 0.15) is 0 Å². The zero-order valence-corrected chi connectivity index (χ0v) is 17.7. The van der Waals surface area contributed by atoms with Crippen LogP contribution in [-0.2, 0) is 34.9 Å². The molecule has 0 aromatic carbocycles. The van der Waals surface area contributed by atoms with Gasteiger partial charge in [-0.2, -0.15) is 43.8 Å². The summed E-state index contributed by atoms with van der Waals surface area (Å²) in [4.78, 5) is 12.0. The molecule has 1 aliphatic heterocycles. The van der Waals surface area contributed by atoms with Crippen LogP contribution in [0.4, 0.5) is 39.5 Å². The van der Waals surface area contributed by atoms with E-state index in [1.54, 1.807) is 0 Å². The van der Waals surface area contributed by atoms with Crippen molar-refractivity contribution in [2.75, 3.05) is 26.2 Å². The number of nitrogens with one attached hydrogen (secondary N) is 1. The Morgan fingerprint density at radius 2 is 1.12 bits per heavy atom. The van der Waals surface area contributed by atoms with Gasteiger partial charge in [0.2, 0.25) is 5.91 Å². The fourth-order valence-electron chi connectivity index (χ4n) is 2.15. The number of piperazine rings is 1. The summed E-state index contributed by atoms with van der Waals surface area (Å²) < 4.78 is 187. The molecule has 0 aromatic heterocycles. The average molecular weight is 553 g/mol. The van der Waals surface area contributed by atoms with Gasteiger partial charge in [0.15, 0.2) is 0 Å². The highest BCUT2D eigenvalue weighted by Crippen LogP contribution is 2.51. The first-order chi connectivity index (χ1) is 13.9. The first-order valence-corrected chi connectivity index (χ1v) is 12.0. The molecule has 0 saturated carbocycles. The van der Waals surface area contributed by atoms with Crippen LogP contribution >= 0.6 is 0 Å². The second-order valence-corrected chi connectivity index (χ2v) is 11.7. The number of hydrogen-bond acceptors (Lipinski definition) is 7. The lowest BCUT2D eigenvalue weighted by Crippen LogP contribution is -2.66. The lowest BCUT2D eigenvalue weighted by Gasteiger charge is -2.38. The monoisotopic (exact) mass is 553 g/mol. The van der Waals surface area contributed by atoms with Gasteiger partial charge in [0.25, 0.3) is 20.0 Å². The van der Waals surface area contributed by atoms with Gasteiger partial charge in [-0.3, -0.25) is 4.79 Å². The quantitative estimate of drug-likeness (QED) is 0.441. The van der Waals surface area contributed by atoms with Gasteiger partial charge in [-0.05, 0) is 0 Å². The number of sulfonamides is 3. The Bertz CT molecular complexity index is 1060. The summed E-state index contributed by atoms with van der Waals surface area (Å²) in [6, 6.07) is 0. The van der Waals surface area contributed by atoms with Crippen LogP contribution in [0.1, 0.15) is 6.92 Å². The van der Waals surface area contributed by atoms with Gasteiger partial charge in [-0.15, -0.1) is 0 Å². The number of hydrogen-bond donors (Lipinski definition) is 1. The van der Waals surface area contributed by atoms with E-state index in [0.29, 0.717) is 0 Å². The third-order valence-electron chi connectivity index (χ3n) is 3.94. The highest BCUT2D eigenvalue weighted by atomic mass is 32.3. The predicted octanol–water partition coefficient (Wildman–Crippen LogP) is 0.0702. The molecular weight excluding hydrogens is 541 g/mol. The minimum absolute atomic E-state index is 0.469. The zero-order valence-electron chi connectivity index (χ0n) is 15.2. The van der Waals surface area contributed by atoms with Crippen LogP contribution in [0.15, 0.2) is 0 Å². The van der Waals surface area contributed by atoms with Gasteiger partial charge in [-0.25, -0.2) is 25.3 Å². The number of amides is 1. The largest absolute Gasteiger partial charge is 0.512 e. The topological polar surface area (TPSA) is 138 Å². The third-order valence-corrected chi connectivity index (χ3v) is 9.19. The lowest BCUT2D eigenvalue weighted by molar-refractivity contribution is -0.245. The summed E-state index contributed by atoms with van der Waals surface area (Å²) in [5.41, 5.74) is -6.64. The van der Waals surface area contributed by atoms with Gasteiger partial charge >= 0.3 is 32.0 Å². The van der Waals surface area contributed by atoms with Crippen LogP contribution in [0.2, 0.25) is 0 Å². The van der Waals surface area contributed by atoms with Crippen LogP contribution < -0.4 is 4.13 Å². The molecule has 1 fully saturated rings. The van der Waals surface area contributed by atoms with E-state index in [1.165, 1.54) is 0 Å². The Kier molecular flexibility index (Phi) is 7.27. The molecule has 10 nitrogen and oxygen atoms in total. The standard InChI is InChI=1S/C10H12F9N3O7S3/c1-6(23)21-2-4-22(5-3-21)32(28,29)9(15,16)7(11,12)8(13,14)30(24,25)20-31(26,27)10(17,18)19/h20H,2-5H2,1H3. The Labute approximate surface area is 174 Å². The van der Waals surface area contributed by atoms with Crippen molar-refractivity contribution in [3.63, 3.8) is 0 Å². The number of rotatable bonds is 7. The summed E-state index contributed by atoms with van der Waals surface area (Å²) in [5.74, 6) is -8.16. The highest BCUT2D eigenvalue weighted by molar-refractivity contribution is 8.05. The van der Waals surface area contributed by atoms with Crippen LogP contribution in [0.25, 0.3) is 0 Å². The van der Waals surface area contributed by atoms with Crippen molar-refractivity contribution in [1.29, 1.82) is 0 Å². The molecule has 1 heterocycles. The van der Waals surface area contributed by atoms with Crippen molar-refractivity contribution in [3.8, 4) is 0 Å². The van der Waals surface area contributed by atoms with Gasteiger partial charge < -0.3 is 4.90 Å². The molecule has 0 aliphatic carbocycles. The van der Waals surface area contributed by atoms with Crippen molar-refractivity contribution in [3.05, 3.63) is 0 Å². The summed E-state index contributed by atoms with van der Waals surface area (Å²) in [5, 5.41) is -14.3. The van der Waals surface area contributed by atoms with Gasteiger partial charge in [0, 0.05) is 33.1 Å². The van der Waals surface area contributed by atoms with Crippen molar-refractivity contribution < 1.29 is 69.6 Å². The SMILES string of the molecule is CC(=O)N1CCN(S(=O)(=O)C(F)(F)C(F)(F)C(F)(F)S(=O)(=O)NS(=O)(=O)C(F)(F)F)CC1. The van der Waals surface area contributed by atoms with E-state index in [-0.39, 0.29) is 0 Å². The fourth-order valence-corrected chi connectivity index (χ4v) is 6.05. The molecule has 1 saturated heterocycles. The first kappa shape index (κ1) is 28.6. The van der Waals surface area contributed by atoms with E-state index in [1.807, 2.05) is 0 Å². The van der Waals surface area contributed by atoms with Crippen LogP contribution in [0.3, 0.4) is 0 Å².